The molecule has 0 saturated heterocycles. The zero-order valence-electron chi connectivity index (χ0n) is 10.6. The number of hydrogen-bond donors (Lipinski definition) is 1. The van der Waals surface area contributed by atoms with Gasteiger partial charge in [-0.15, -0.1) is 12.3 Å². The highest BCUT2D eigenvalue weighted by Crippen LogP contribution is 2.16. The third kappa shape index (κ3) is 5.35. The predicted molar refractivity (Wildman–Crippen MR) is 74.7 cm³/mol. The number of unbranched alkanes of at least 4 members (excludes halogenated alkanes) is 1. The lowest BCUT2D eigenvalue weighted by molar-refractivity contribution is 0.574. The van der Waals surface area contributed by atoms with Gasteiger partial charge in [0, 0.05) is 13.0 Å². The summed E-state index contributed by atoms with van der Waals surface area (Å²) in [7, 11) is -3.23. The standard InChI is InChI=1S/C14H19NO2S/c1-3-4-8-11-15-18(16,17)12-13(2)14-9-6-5-7-10-14/h1,5-7,9-10,13,15H,4,8,11-12H2,2H3. The fourth-order valence-electron chi connectivity index (χ4n) is 1.68. The van der Waals surface area contributed by atoms with E-state index in [1.807, 2.05) is 37.3 Å². The molecule has 1 unspecified atom stereocenters. The van der Waals surface area contributed by atoms with Crippen molar-refractivity contribution >= 4 is 10.0 Å². The Bertz CT molecular complexity index is 488. The fourth-order valence-corrected chi connectivity index (χ4v) is 3.11. The molecule has 1 atom stereocenters. The second kappa shape index (κ2) is 7.20. The van der Waals surface area contributed by atoms with E-state index in [9.17, 15) is 8.42 Å². The van der Waals surface area contributed by atoms with Crippen molar-refractivity contribution in [3.8, 4) is 12.3 Å². The van der Waals surface area contributed by atoms with Gasteiger partial charge in [0.1, 0.15) is 0 Å². The number of hydrogen-bond acceptors (Lipinski definition) is 2. The quantitative estimate of drug-likeness (QED) is 0.606. The minimum absolute atomic E-state index is 0.0173. The molecule has 3 nitrogen and oxygen atoms in total. The fraction of sp³-hybridized carbons (Fsp3) is 0.429. The van der Waals surface area contributed by atoms with Crippen molar-refractivity contribution in [2.75, 3.05) is 12.3 Å². The van der Waals surface area contributed by atoms with Crippen molar-refractivity contribution < 1.29 is 8.42 Å². The van der Waals surface area contributed by atoms with E-state index in [1.165, 1.54) is 0 Å². The van der Waals surface area contributed by atoms with Crippen molar-refractivity contribution in [1.29, 1.82) is 0 Å². The van der Waals surface area contributed by atoms with Crippen molar-refractivity contribution in [3.63, 3.8) is 0 Å². The van der Waals surface area contributed by atoms with E-state index in [0.717, 1.165) is 5.56 Å². The van der Waals surface area contributed by atoms with Crippen LogP contribution in [0.1, 0.15) is 31.2 Å². The van der Waals surface area contributed by atoms with Crippen molar-refractivity contribution in [2.24, 2.45) is 0 Å². The van der Waals surface area contributed by atoms with E-state index in [0.29, 0.717) is 19.4 Å². The molecule has 0 saturated carbocycles. The Labute approximate surface area is 110 Å². The number of terminal acetylenes is 1. The van der Waals surface area contributed by atoms with Gasteiger partial charge in [0.15, 0.2) is 0 Å². The molecule has 1 rings (SSSR count). The number of sulfonamides is 1. The summed E-state index contributed by atoms with van der Waals surface area (Å²) < 4.78 is 26.2. The van der Waals surface area contributed by atoms with Crippen LogP contribution in [0.2, 0.25) is 0 Å². The van der Waals surface area contributed by atoms with Crippen LogP contribution in [0.3, 0.4) is 0 Å². The van der Waals surface area contributed by atoms with Crippen LogP contribution in [0.15, 0.2) is 30.3 Å². The normalized spacial score (nSPS) is 12.9. The monoisotopic (exact) mass is 265 g/mol. The molecule has 0 spiro atoms. The highest BCUT2D eigenvalue weighted by molar-refractivity contribution is 7.89. The second-order valence-electron chi connectivity index (χ2n) is 4.30. The van der Waals surface area contributed by atoms with Crippen molar-refractivity contribution in [1.82, 2.24) is 4.72 Å². The smallest absolute Gasteiger partial charge is 0.212 e. The van der Waals surface area contributed by atoms with Crippen LogP contribution in [-0.4, -0.2) is 20.7 Å². The zero-order chi connectivity index (χ0) is 13.4. The summed E-state index contributed by atoms with van der Waals surface area (Å²) in [5.74, 6) is 2.57. The largest absolute Gasteiger partial charge is 0.215 e. The van der Waals surface area contributed by atoms with Gasteiger partial charge in [0.05, 0.1) is 5.75 Å². The zero-order valence-corrected chi connectivity index (χ0v) is 11.4. The molecule has 0 aliphatic carbocycles. The molecule has 18 heavy (non-hydrogen) atoms. The first-order chi connectivity index (χ1) is 8.55. The lowest BCUT2D eigenvalue weighted by atomic mass is 10.0. The van der Waals surface area contributed by atoms with E-state index >= 15 is 0 Å². The van der Waals surface area contributed by atoms with E-state index < -0.39 is 10.0 Å². The molecular weight excluding hydrogens is 246 g/mol. The Kier molecular flexibility index (Phi) is 5.90. The van der Waals surface area contributed by atoms with Gasteiger partial charge in [-0.25, -0.2) is 13.1 Å². The molecule has 98 valence electrons. The Balaban J connectivity index is 2.48. The number of nitrogens with one attached hydrogen (secondary N) is 1. The van der Waals surface area contributed by atoms with E-state index in [1.54, 1.807) is 0 Å². The molecule has 0 aliphatic rings. The van der Waals surface area contributed by atoms with Gasteiger partial charge < -0.3 is 0 Å². The first-order valence-corrected chi connectivity index (χ1v) is 7.66. The molecule has 0 bridgehead atoms. The summed E-state index contributed by atoms with van der Waals surface area (Å²) in [6.45, 7) is 2.32. The Hall–Kier alpha value is -1.31. The molecule has 0 radical (unpaired) electrons. The lowest BCUT2D eigenvalue weighted by Gasteiger charge is -2.12. The first-order valence-electron chi connectivity index (χ1n) is 6.01. The second-order valence-corrected chi connectivity index (χ2v) is 6.15. The van der Waals surface area contributed by atoms with Crippen LogP contribution in [-0.2, 0) is 10.0 Å². The summed E-state index contributed by atoms with van der Waals surface area (Å²) >= 11 is 0. The van der Waals surface area contributed by atoms with Crippen LogP contribution in [0, 0.1) is 12.3 Å². The molecule has 0 aliphatic heterocycles. The van der Waals surface area contributed by atoms with Crippen LogP contribution in [0.4, 0.5) is 0 Å². The molecule has 4 heteroatoms. The average Bonchev–Trinajstić information content (AvgIpc) is 2.35. The summed E-state index contributed by atoms with van der Waals surface area (Å²) in [4.78, 5) is 0. The van der Waals surface area contributed by atoms with Gasteiger partial charge in [-0.1, -0.05) is 37.3 Å². The van der Waals surface area contributed by atoms with Gasteiger partial charge in [0.2, 0.25) is 10.0 Å². The lowest BCUT2D eigenvalue weighted by Crippen LogP contribution is -2.29. The Morgan fingerprint density at radius 1 is 1.33 bits per heavy atom. The van der Waals surface area contributed by atoms with Crippen molar-refractivity contribution in [3.05, 3.63) is 35.9 Å². The van der Waals surface area contributed by atoms with Crippen LogP contribution < -0.4 is 4.72 Å². The maximum absolute atomic E-state index is 11.8. The minimum Gasteiger partial charge on any atom is -0.215 e. The van der Waals surface area contributed by atoms with Gasteiger partial charge >= 0.3 is 0 Å². The molecule has 1 aromatic carbocycles. The van der Waals surface area contributed by atoms with Crippen LogP contribution in [0.5, 0.6) is 0 Å². The van der Waals surface area contributed by atoms with E-state index in [4.69, 9.17) is 6.42 Å². The molecular formula is C14H19NO2S. The first kappa shape index (κ1) is 14.7. The molecule has 1 aromatic rings. The highest BCUT2D eigenvalue weighted by atomic mass is 32.2. The number of rotatable bonds is 7. The third-order valence-corrected chi connectivity index (χ3v) is 4.24. The number of benzene rings is 1. The SMILES string of the molecule is C#CCCCNS(=O)(=O)CC(C)c1ccccc1. The molecule has 1 N–H and O–H groups in total. The molecule has 0 heterocycles. The molecule has 0 amide bonds. The summed E-state index contributed by atoms with van der Waals surface area (Å²) in [5.41, 5.74) is 1.03. The summed E-state index contributed by atoms with van der Waals surface area (Å²) in [6.07, 6.45) is 6.38. The molecule has 0 fully saturated rings. The minimum atomic E-state index is -3.23. The van der Waals surface area contributed by atoms with Gasteiger partial charge in [-0.2, -0.15) is 0 Å². The van der Waals surface area contributed by atoms with Gasteiger partial charge in [-0.05, 0) is 17.9 Å². The van der Waals surface area contributed by atoms with Gasteiger partial charge in [0.25, 0.3) is 0 Å². The van der Waals surface area contributed by atoms with Gasteiger partial charge in [-0.3, -0.25) is 0 Å². The maximum atomic E-state index is 11.8. The maximum Gasteiger partial charge on any atom is 0.212 e. The van der Waals surface area contributed by atoms with Crippen LogP contribution >= 0.6 is 0 Å². The highest BCUT2D eigenvalue weighted by Gasteiger charge is 2.16. The topological polar surface area (TPSA) is 46.2 Å². The van der Waals surface area contributed by atoms with Crippen LogP contribution in [0.25, 0.3) is 0 Å². The van der Waals surface area contributed by atoms with Crippen molar-refractivity contribution in [2.45, 2.75) is 25.7 Å². The third-order valence-electron chi connectivity index (χ3n) is 2.66. The summed E-state index contributed by atoms with van der Waals surface area (Å²) in [6, 6.07) is 9.64. The van der Waals surface area contributed by atoms with E-state index in [-0.39, 0.29) is 11.7 Å². The van der Waals surface area contributed by atoms with E-state index in [2.05, 4.69) is 10.6 Å². The Morgan fingerprint density at radius 3 is 2.61 bits per heavy atom. The predicted octanol–water partition coefficient (Wildman–Crippen LogP) is 2.12. The summed E-state index contributed by atoms with van der Waals surface area (Å²) in [5, 5.41) is 0. The average molecular weight is 265 g/mol. The Morgan fingerprint density at radius 2 is 2.00 bits per heavy atom. The molecule has 0 aromatic heterocycles.